The first-order valence-corrected chi connectivity index (χ1v) is 31.8. The normalized spacial score (nSPS) is 12.9. The predicted octanol–water partition coefficient (Wildman–Crippen LogP) is 22.6. The monoisotopic (exact) mass is 1170 g/mol. The van der Waals surface area contributed by atoms with Crippen molar-refractivity contribution in [2.75, 3.05) is 19.6 Å². The van der Waals surface area contributed by atoms with E-state index in [2.05, 4.69) is 358 Å². The van der Waals surface area contributed by atoms with Crippen LogP contribution in [-0.4, -0.2) is 4.40 Å². The Hall–Kier alpha value is -11.7. The molecule has 0 fully saturated rings. The second-order valence-electron chi connectivity index (χ2n) is 23.8. The molecule has 432 valence electrons. The van der Waals surface area contributed by atoms with Gasteiger partial charge < -0.3 is 24.0 Å². The number of rotatable bonds is 12. The number of hydrogen-bond acceptors (Lipinski definition) is 4. The van der Waals surface area contributed by atoms with Gasteiger partial charge in [-0.3, -0.25) is 0 Å². The molecule has 0 amide bonds. The molecule has 91 heavy (non-hydrogen) atoms. The Labute approximate surface area is 529 Å². The van der Waals surface area contributed by atoms with E-state index in [-0.39, 0.29) is 0 Å². The van der Waals surface area contributed by atoms with E-state index >= 15 is 0 Å². The van der Waals surface area contributed by atoms with E-state index in [9.17, 15) is 0 Å². The molecule has 0 atom stereocenters. The summed E-state index contributed by atoms with van der Waals surface area (Å²) in [6, 6.07) is 112. The Morgan fingerprint density at radius 1 is 0.275 bits per heavy atom. The zero-order valence-corrected chi connectivity index (χ0v) is 50.3. The molecule has 0 unspecified atom stereocenters. The quantitative estimate of drug-likeness (QED) is 0.121. The molecule has 0 bridgehead atoms. The molecule has 2 aliphatic rings. The van der Waals surface area contributed by atoms with E-state index in [0.29, 0.717) is 0 Å². The Balaban J connectivity index is 0.925. The molecule has 0 aliphatic heterocycles. The standard InChI is InChI=1S/C86H63N5/c1-5-28-62(29-6-1)87(63-30-7-2-8-31-63)66-46-50-68(51-47-66)89(82-44-21-26-60-24-13-15-36-72(60)82)70-54-56-74-75-57-55-71(59-81(75)79-41-23-40-78-76-38-17-19-42-84(76)91(86(78)79)85-43-20-18-39-77(85)80(74)58-70)90(83-45-22-27-61-25-14-16-37-73(61)83)69-52-48-67(49-53-69)88(64-32-9-3-10-33-64)65-34-11-4-12-35-65/h1-11,13,15,17-34,36-59H,12,14,16,35H2. The molecular formula is C86H63N5. The van der Waals surface area contributed by atoms with Crippen molar-refractivity contribution in [2.24, 2.45) is 0 Å². The van der Waals surface area contributed by atoms with Gasteiger partial charge in [0.2, 0.25) is 0 Å². The van der Waals surface area contributed by atoms with Crippen molar-refractivity contribution in [1.29, 1.82) is 0 Å². The van der Waals surface area contributed by atoms with E-state index in [1.165, 1.54) is 54.1 Å². The van der Waals surface area contributed by atoms with Gasteiger partial charge in [0.1, 0.15) is 0 Å². The summed E-state index contributed by atoms with van der Waals surface area (Å²) in [5.74, 6) is 0. The lowest BCUT2D eigenvalue weighted by molar-refractivity contribution is 0.917. The molecule has 0 spiro atoms. The topological polar surface area (TPSA) is 17.4 Å². The highest BCUT2D eigenvalue weighted by Crippen LogP contribution is 2.47. The third-order valence-corrected chi connectivity index (χ3v) is 18.5. The zero-order chi connectivity index (χ0) is 60.2. The summed E-state index contributed by atoms with van der Waals surface area (Å²) < 4.78 is 2.55. The Bertz CT molecular complexity index is 5490. The maximum absolute atomic E-state index is 2.55. The van der Waals surface area contributed by atoms with Gasteiger partial charge in [-0.1, -0.05) is 194 Å². The van der Waals surface area contributed by atoms with Crippen LogP contribution in [0.5, 0.6) is 0 Å². The van der Waals surface area contributed by atoms with Gasteiger partial charge in [0.15, 0.2) is 0 Å². The average Bonchev–Trinajstić information content (AvgIpc) is 1.60. The van der Waals surface area contributed by atoms with Gasteiger partial charge in [0, 0.05) is 89.0 Å². The van der Waals surface area contributed by atoms with Crippen molar-refractivity contribution in [2.45, 2.75) is 25.7 Å². The first-order valence-electron chi connectivity index (χ1n) is 31.8. The highest BCUT2D eigenvalue weighted by molar-refractivity contribution is 6.26. The summed E-state index contributed by atoms with van der Waals surface area (Å²) in [4.78, 5) is 9.71. The third kappa shape index (κ3) is 9.40. The molecule has 15 aromatic rings. The summed E-state index contributed by atoms with van der Waals surface area (Å²) >= 11 is 0. The van der Waals surface area contributed by atoms with E-state index in [1.807, 2.05) is 0 Å². The van der Waals surface area contributed by atoms with Crippen LogP contribution < -0.4 is 30.0 Å². The minimum atomic E-state index is 0.971. The van der Waals surface area contributed by atoms with Crippen molar-refractivity contribution in [3.8, 4) is 0 Å². The second kappa shape index (κ2) is 22.8. The van der Waals surface area contributed by atoms with Crippen molar-refractivity contribution >= 4 is 145 Å². The maximum Gasteiger partial charge on any atom is 0.0619 e. The van der Waals surface area contributed by atoms with E-state index in [4.69, 9.17) is 0 Å². The van der Waals surface area contributed by atoms with E-state index < -0.39 is 0 Å². The number of nitrogens with zero attached hydrogens (tertiary/aromatic N) is 5. The fourth-order valence-corrected chi connectivity index (χ4v) is 14.5. The highest BCUT2D eigenvalue weighted by Gasteiger charge is 2.24. The van der Waals surface area contributed by atoms with Crippen molar-refractivity contribution in [1.82, 2.24) is 4.40 Å². The zero-order valence-electron chi connectivity index (χ0n) is 50.3. The number of benzene rings is 13. The minimum absolute atomic E-state index is 0.971. The minimum Gasteiger partial charge on any atom is -0.314 e. The molecule has 17 rings (SSSR count). The van der Waals surface area contributed by atoms with Gasteiger partial charge in [-0.25, -0.2) is 0 Å². The van der Waals surface area contributed by atoms with E-state index in [0.717, 1.165) is 121 Å². The van der Waals surface area contributed by atoms with Gasteiger partial charge in [0.05, 0.1) is 27.9 Å². The number of fused-ring (bicyclic) bond motifs is 12. The van der Waals surface area contributed by atoms with Crippen LogP contribution in [0.4, 0.5) is 62.6 Å². The van der Waals surface area contributed by atoms with Gasteiger partial charge >= 0.3 is 0 Å². The lowest BCUT2D eigenvalue weighted by Gasteiger charge is -2.30. The molecule has 0 radical (unpaired) electrons. The van der Waals surface area contributed by atoms with Crippen molar-refractivity contribution in [3.05, 3.63) is 338 Å². The van der Waals surface area contributed by atoms with Crippen LogP contribution in [0, 0.1) is 0 Å². The van der Waals surface area contributed by atoms with Gasteiger partial charge in [0.25, 0.3) is 0 Å². The highest BCUT2D eigenvalue weighted by atomic mass is 15.2. The van der Waals surface area contributed by atoms with Crippen LogP contribution >= 0.6 is 0 Å². The fourth-order valence-electron chi connectivity index (χ4n) is 14.5. The molecule has 0 saturated carbocycles. The summed E-state index contributed by atoms with van der Waals surface area (Å²) in [5.41, 5.74) is 16.8. The van der Waals surface area contributed by atoms with Crippen molar-refractivity contribution in [3.63, 3.8) is 0 Å². The Morgan fingerprint density at radius 3 is 1.32 bits per heavy atom. The molecule has 2 aliphatic carbocycles. The summed E-state index contributed by atoms with van der Waals surface area (Å²) in [6.45, 7) is 0. The molecular weight excluding hydrogens is 1100 g/mol. The lowest BCUT2D eigenvalue weighted by atomic mass is 9.98. The first-order chi connectivity index (χ1) is 45.2. The number of aromatic nitrogens is 1. The Morgan fingerprint density at radius 2 is 0.703 bits per heavy atom. The molecule has 13 aromatic carbocycles. The number of para-hydroxylation sites is 6. The number of allylic oxidation sites excluding steroid dienone is 4. The molecule has 0 saturated heterocycles. The maximum atomic E-state index is 2.55. The van der Waals surface area contributed by atoms with Crippen LogP contribution in [0.3, 0.4) is 0 Å². The summed E-state index contributed by atoms with van der Waals surface area (Å²) in [5, 5.41) is 14.3. The average molecular weight is 1170 g/mol. The van der Waals surface area contributed by atoms with E-state index in [1.54, 1.807) is 0 Å². The lowest BCUT2D eigenvalue weighted by Crippen LogP contribution is -2.32. The number of anilines is 11. The first kappa shape index (κ1) is 53.6. The van der Waals surface area contributed by atoms with Gasteiger partial charge in [-0.2, -0.15) is 0 Å². The van der Waals surface area contributed by atoms with Crippen LogP contribution in [0.2, 0.25) is 0 Å². The molecule has 2 heterocycles. The SMILES string of the molecule is C1=CCCC(N(c2ccccc2)c2ccc(N(c3ccc4c5ccc(N(c6ccc(N(c7ccccc7)c7ccccc7)cc6)c6cccc7ccccc67)cc5c5ccccc5n5c6ccccc6c6cccc(c4c3)c65)c3cccc4c3=CCCC=4)cc2)=C1. The van der Waals surface area contributed by atoms with Gasteiger partial charge in [-0.15, -0.1) is 0 Å². The molecule has 0 N–H and O–H groups in total. The van der Waals surface area contributed by atoms with Crippen LogP contribution in [0.1, 0.15) is 25.7 Å². The molecule has 2 aromatic heterocycles. The second-order valence-corrected chi connectivity index (χ2v) is 23.8. The summed E-state index contributed by atoms with van der Waals surface area (Å²) in [6.07, 6.45) is 15.6. The smallest absolute Gasteiger partial charge is 0.0619 e. The molecule has 5 heteroatoms. The Kier molecular flexibility index (Phi) is 13.4. The largest absolute Gasteiger partial charge is 0.314 e. The molecule has 5 nitrogen and oxygen atoms in total. The van der Waals surface area contributed by atoms with Crippen LogP contribution in [0.25, 0.3) is 82.6 Å². The predicted molar refractivity (Wildman–Crippen MR) is 388 cm³/mol. The van der Waals surface area contributed by atoms with Gasteiger partial charge in [-0.05, 0) is 197 Å². The summed E-state index contributed by atoms with van der Waals surface area (Å²) in [7, 11) is 0. The van der Waals surface area contributed by atoms with Crippen LogP contribution in [0.15, 0.2) is 327 Å². The van der Waals surface area contributed by atoms with Crippen molar-refractivity contribution < 1.29 is 0 Å². The van der Waals surface area contributed by atoms with Crippen LogP contribution in [-0.2, 0) is 0 Å². The third-order valence-electron chi connectivity index (χ3n) is 18.5. The fraction of sp³-hybridized carbons (Fsp3) is 0.0465. The number of hydrogen-bond donors (Lipinski definition) is 0.